The molecular formula is C31H45N7O10S. The van der Waals surface area contributed by atoms with Crippen LogP contribution in [0.5, 0.6) is 0 Å². The number of amides is 4. The number of nitrogens with one attached hydrogen (secondary N) is 4. The fourth-order valence-electron chi connectivity index (χ4n) is 3.85. The third kappa shape index (κ3) is 12.3. The van der Waals surface area contributed by atoms with Gasteiger partial charge >= 0.3 is 18.2 Å². The molecule has 0 aromatic carbocycles. The van der Waals surface area contributed by atoms with Crippen LogP contribution in [0.4, 0.5) is 14.7 Å². The second-order valence-electron chi connectivity index (χ2n) is 14.6. The number of alkyl carbamates (subject to hydrolysis) is 1. The molecule has 0 spiro atoms. The van der Waals surface area contributed by atoms with Crippen molar-refractivity contribution in [2.45, 2.75) is 124 Å². The smallest absolute Gasteiger partial charge is 0.413 e. The minimum Gasteiger partial charge on any atom is -0.457 e. The molecule has 0 bridgehead atoms. The Bertz CT molecular complexity index is 1580. The van der Waals surface area contributed by atoms with E-state index in [1.807, 2.05) is 0 Å². The zero-order chi connectivity index (χ0) is 36.9. The lowest BCUT2D eigenvalue weighted by molar-refractivity contribution is -0.179. The van der Waals surface area contributed by atoms with Gasteiger partial charge in [-0.1, -0.05) is 10.3 Å². The Hall–Kier alpha value is -4.74. The summed E-state index contributed by atoms with van der Waals surface area (Å²) in [5, 5.41) is 19.9. The van der Waals surface area contributed by atoms with Gasteiger partial charge in [0.05, 0.1) is 18.3 Å². The van der Waals surface area contributed by atoms with Gasteiger partial charge in [0, 0.05) is 17.9 Å². The van der Waals surface area contributed by atoms with Crippen LogP contribution in [0.25, 0.3) is 0 Å². The average molecular weight is 708 g/mol. The van der Waals surface area contributed by atoms with Gasteiger partial charge in [0.2, 0.25) is 11.5 Å². The van der Waals surface area contributed by atoms with E-state index in [1.165, 1.54) is 19.2 Å². The van der Waals surface area contributed by atoms with Crippen molar-refractivity contribution in [3.05, 3.63) is 28.6 Å². The van der Waals surface area contributed by atoms with Crippen LogP contribution in [-0.2, 0) is 46.4 Å². The standard InChI is InChI=1S/C31H45N7O10S/c1-28(2,3)44-24(41)31(10,11)48-38-21(19-15-49-25(34-19)36-27(43)46-30(7,8)9)23(40)35-20-18(33-22(20)39)13-16-12-17(47-37-16)14-32-26(42)45-29(4,5)6/h12,15,18,20H,13-14H2,1-11H3,(H,32,42)(H,33,39)(H,35,40)(H,34,36,43)/b38-21-/t18-,20+/m1/s1. The molecule has 18 heteroatoms. The Balaban J connectivity index is 1.76. The highest BCUT2D eigenvalue weighted by Gasteiger charge is 2.42. The van der Waals surface area contributed by atoms with Gasteiger partial charge < -0.3 is 39.5 Å². The van der Waals surface area contributed by atoms with E-state index in [9.17, 15) is 24.0 Å². The van der Waals surface area contributed by atoms with E-state index in [1.54, 1.807) is 68.4 Å². The Labute approximate surface area is 288 Å². The molecule has 2 aromatic heterocycles. The van der Waals surface area contributed by atoms with Gasteiger partial charge in [0.15, 0.2) is 16.6 Å². The van der Waals surface area contributed by atoms with Crippen LogP contribution in [0, 0.1) is 0 Å². The number of thiazole rings is 1. The van der Waals surface area contributed by atoms with Gasteiger partial charge in [-0.05, 0) is 76.2 Å². The Morgan fingerprint density at radius 2 is 1.55 bits per heavy atom. The predicted octanol–water partition coefficient (Wildman–Crippen LogP) is 3.57. The van der Waals surface area contributed by atoms with Crippen LogP contribution in [0.2, 0.25) is 0 Å². The summed E-state index contributed by atoms with van der Waals surface area (Å²) in [4.78, 5) is 73.0. The first-order valence-electron chi connectivity index (χ1n) is 15.4. The summed E-state index contributed by atoms with van der Waals surface area (Å²) in [5.74, 6) is -1.69. The fraction of sp³-hybridized carbons (Fsp3) is 0.613. The van der Waals surface area contributed by atoms with Crippen LogP contribution >= 0.6 is 11.3 Å². The number of hydrogen-bond acceptors (Lipinski definition) is 14. The second-order valence-corrected chi connectivity index (χ2v) is 15.5. The molecule has 4 amide bonds. The minimum atomic E-state index is -1.62. The zero-order valence-electron chi connectivity index (χ0n) is 29.6. The maximum atomic E-state index is 13.6. The number of carbonyl (C=O) groups excluding carboxylic acids is 5. The summed E-state index contributed by atoms with van der Waals surface area (Å²) < 4.78 is 21.2. The SMILES string of the molecule is CC(C)(C)OC(=O)NCc1cc(C[C@H]2NC(=O)[C@H]2NC(=O)/C(=N\OC(C)(C)C(=O)OC(C)(C)C)c2csc(NC(=O)OC(C)(C)C)n2)no1. The molecule has 4 N–H and O–H groups in total. The summed E-state index contributed by atoms with van der Waals surface area (Å²) in [6, 6.07) is 0.0253. The highest BCUT2D eigenvalue weighted by molar-refractivity contribution is 7.14. The normalized spacial score (nSPS) is 16.9. The number of anilines is 1. The largest absolute Gasteiger partial charge is 0.457 e. The lowest BCUT2D eigenvalue weighted by Gasteiger charge is -2.36. The number of β-lactam (4-membered cyclic amide) rings is 1. The number of carbonyl (C=O) groups is 5. The maximum Gasteiger partial charge on any atom is 0.413 e. The van der Waals surface area contributed by atoms with Crippen LogP contribution in [0.1, 0.15) is 93.3 Å². The summed E-state index contributed by atoms with van der Waals surface area (Å²) in [5.41, 5.74) is -3.79. The lowest BCUT2D eigenvalue weighted by Crippen LogP contribution is -2.70. The van der Waals surface area contributed by atoms with Gasteiger partial charge in [-0.15, -0.1) is 11.3 Å². The van der Waals surface area contributed by atoms with Crippen LogP contribution in [0.3, 0.4) is 0 Å². The molecule has 3 heterocycles. The van der Waals surface area contributed by atoms with E-state index in [0.29, 0.717) is 11.5 Å². The van der Waals surface area contributed by atoms with E-state index < -0.39 is 64.5 Å². The monoisotopic (exact) mass is 707 g/mol. The Kier molecular flexibility index (Phi) is 11.7. The number of esters is 1. The third-order valence-electron chi connectivity index (χ3n) is 5.97. The van der Waals surface area contributed by atoms with Gasteiger partial charge in [0.1, 0.15) is 28.5 Å². The highest BCUT2D eigenvalue weighted by atomic mass is 32.1. The van der Waals surface area contributed by atoms with Gasteiger partial charge in [0.25, 0.3) is 5.91 Å². The van der Waals surface area contributed by atoms with Crippen LogP contribution in [0.15, 0.2) is 21.1 Å². The number of ether oxygens (including phenoxy) is 3. The molecule has 0 radical (unpaired) electrons. The van der Waals surface area contributed by atoms with E-state index >= 15 is 0 Å². The molecule has 1 fully saturated rings. The topological polar surface area (TPSA) is 222 Å². The van der Waals surface area contributed by atoms with Gasteiger partial charge in [-0.2, -0.15) is 0 Å². The molecular weight excluding hydrogens is 662 g/mol. The molecule has 1 aliphatic heterocycles. The number of aromatic nitrogens is 2. The van der Waals surface area contributed by atoms with E-state index in [0.717, 1.165) is 11.3 Å². The van der Waals surface area contributed by atoms with Crippen molar-refractivity contribution in [1.82, 2.24) is 26.1 Å². The molecule has 3 rings (SSSR count). The van der Waals surface area contributed by atoms with Crippen molar-refractivity contribution in [2.75, 3.05) is 5.32 Å². The van der Waals surface area contributed by atoms with Gasteiger partial charge in [-0.3, -0.25) is 14.9 Å². The molecule has 2 atom stereocenters. The van der Waals surface area contributed by atoms with Crippen molar-refractivity contribution >= 4 is 52.2 Å². The van der Waals surface area contributed by atoms with E-state index in [4.69, 9.17) is 23.6 Å². The van der Waals surface area contributed by atoms with Crippen LogP contribution in [-0.4, -0.2) is 80.3 Å². The molecule has 1 aliphatic rings. The van der Waals surface area contributed by atoms with E-state index in [-0.39, 0.29) is 29.5 Å². The molecule has 270 valence electrons. The molecule has 17 nitrogen and oxygen atoms in total. The quantitative estimate of drug-likeness (QED) is 0.0866. The zero-order valence-corrected chi connectivity index (χ0v) is 30.4. The van der Waals surface area contributed by atoms with Crippen molar-refractivity contribution in [3.8, 4) is 0 Å². The molecule has 2 aromatic rings. The Morgan fingerprint density at radius 3 is 2.14 bits per heavy atom. The number of nitrogens with zero attached hydrogens (tertiary/aromatic N) is 3. The fourth-order valence-corrected chi connectivity index (χ4v) is 4.54. The Morgan fingerprint density at radius 1 is 0.939 bits per heavy atom. The molecule has 0 saturated carbocycles. The first-order chi connectivity index (χ1) is 22.4. The minimum absolute atomic E-state index is 0.0107. The molecule has 49 heavy (non-hydrogen) atoms. The van der Waals surface area contributed by atoms with Gasteiger partial charge in [-0.25, -0.2) is 19.4 Å². The summed E-state index contributed by atoms with van der Waals surface area (Å²) in [7, 11) is 0. The summed E-state index contributed by atoms with van der Waals surface area (Å²) in [6.45, 7) is 18.3. The third-order valence-corrected chi connectivity index (χ3v) is 6.72. The number of oxime groups is 1. The van der Waals surface area contributed by atoms with Crippen molar-refractivity contribution in [1.29, 1.82) is 0 Å². The summed E-state index contributed by atoms with van der Waals surface area (Å²) >= 11 is 0.986. The van der Waals surface area contributed by atoms with E-state index in [2.05, 4.69) is 36.6 Å². The van der Waals surface area contributed by atoms with Crippen molar-refractivity contribution in [2.24, 2.45) is 5.16 Å². The maximum absolute atomic E-state index is 13.6. The molecule has 0 aliphatic carbocycles. The predicted molar refractivity (Wildman–Crippen MR) is 177 cm³/mol. The average Bonchev–Trinajstić information content (AvgIpc) is 3.57. The van der Waals surface area contributed by atoms with Crippen molar-refractivity contribution in [3.63, 3.8) is 0 Å². The molecule has 1 saturated heterocycles. The number of rotatable bonds is 11. The van der Waals surface area contributed by atoms with Crippen molar-refractivity contribution < 1.29 is 47.5 Å². The first kappa shape index (κ1) is 38.7. The number of hydrogen-bond donors (Lipinski definition) is 4. The second kappa shape index (κ2) is 14.8. The first-order valence-corrected chi connectivity index (χ1v) is 16.3. The van der Waals surface area contributed by atoms with Crippen LogP contribution < -0.4 is 21.3 Å². The highest BCUT2D eigenvalue weighted by Crippen LogP contribution is 2.22. The summed E-state index contributed by atoms with van der Waals surface area (Å²) in [6.07, 6.45) is -1.20. The lowest BCUT2D eigenvalue weighted by atomic mass is 9.94. The molecule has 0 unspecified atom stereocenters.